The molecule has 1 aromatic heterocycles. The van der Waals surface area contributed by atoms with Gasteiger partial charge in [0.25, 0.3) is 6.01 Å². The Kier molecular flexibility index (Phi) is 4.59. The van der Waals surface area contributed by atoms with Gasteiger partial charge in [-0.2, -0.15) is 4.98 Å². The van der Waals surface area contributed by atoms with Gasteiger partial charge in [0.05, 0.1) is 20.1 Å². The first-order chi connectivity index (χ1) is 10.7. The molecule has 0 atom stereocenters. The van der Waals surface area contributed by atoms with Gasteiger partial charge in [0, 0.05) is 0 Å². The molecule has 2 heterocycles. The molecule has 4 nitrogen and oxygen atoms in total. The fraction of sp³-hybridized carbons (Fsp3) is 0.278. The molecular formula is C18H20IN3O. The minimum Gasteiger partial charge on any atom is -1.00 e. The number of fused-ring (bicyclic) bond motifs is 1. The van der Waals surface area contributed by atoms with E-state index in [-0.39, 0.29) is 24.0 Å². The highest BCUT2D eigenvalue weighted by atomic mass is 127. The minimum atomic E-state index is 0. The number of hydrogen-bond donors (Lipinski definition) is 0. The van der Waals surface area contributed by atoms with Crippen molar-refractivity contribution in [1.29, 1.82) is 0 Å². The van der Waals surface area contributed by atoms with Crippen LogP contribution in [0.15, 0.2) is 59.0 Å². The van der Waals surface area contributed by atoms with Crippen LogP contribution in [0.2, 0.25) is 0 Å². The normalized spacial score (nSPS) is 17.0. The predicted molar refractivity (Wildman–Crippen MR) is 90.1 cm³/mol. The first kappa shape index (κ1) is 16.3. The monoisotopic (exact) mass is 421 g/mol. The number of hydrogen-bond acceptors (Lipinski definition) is 3. The number of halogens is 1. The van der Waals surface area contributed by atoms with E-state index < -0.39 is 0 Å². The number of oxazole rings is 1. The average Bonchev–Trinajstić information content (AvgIpc) is 3.00. The molecule has 3 aromatic rings. The second-order valence-corrected chi connectivity index (χ2v) is 6.13. The standard InChI is InChI=1S/C18H20N3O.HI/c1-21(15-7-3-2-4-8-15)13-11-20(12-14-21)18-19-16-9-5-6-10-17(16)22-18;/h2-10H,11-14H2,1H3;1H/q+1;/p-1. The topological polar surface area (TPSA) is 29.3 Å². The maximum absolute atomic E-state index is 5.89. The van der Waals surface area contributed by atoms with Crippen molar-refractivity contribution >= 4 is 22.8 Å². The Morgan fingerprint density at radius 2 is 1.61 bits per heavy atom. The fourth-order valence-electron chi connectivity index (χ4n) is 3.14. The predicted octanol–water partition coefficient (Wildman–Crippen LogP) is 0.289. The molecule has 4 rings (SSSR count). The van der Waals surface area contributed by atoms with E-state index in [1.54, 1.807) is 0 Å². The molecule has 0 bridgehead atoms. The highest BCUT2D eigenvalue weighted by molar-refractivity contribution is 5.74. The summed E-state index contributed by atoms with van der Waals surface area (Å²) < 4.78 is 6.86. The third-order valence-electron chi connectivity index (χ3n) is 4.66. The summed E-state index contributed by atoms with van der Waals surface area (Å²) in [7, 11) is 2.30. The van der Waals surface area contributed by atoms with Crippen LogP contribution in [0.1, 0.15) is 0 Å². The van der Waals surface area contributed by atoms with Crippen LogP contribution >= 0.6 is 0 Å². The molecule has 0 spiro atoms. The molecule has 0 N–H and O–H groups in total. The molecule has 1 aliphatic heterocycles. The molecule has 0 unspecified atom stereocenters. The van der Waals surface area contributed by atoms with Gasteiger partial charge in [-0.05, 0) is 24.3 Å². The van der Waals surface area contributed by atoms with Crippen molar-refractivity contribution in [3.05, 3.63) is 54.6 Å². The lowest BCUT2D eigenvalue weighted by Crippen LogP contribution is -3.00. The summed E-state index contributed by atoms with van der Waals surface area (Å²) in [6.07, 6.45) is 0. The van der Waals surface area contributed by atoms with Crippen LogP contribution in [0.4, 0.5) is 11.7 Å². The molecule has 1 saturated heterocycles. The van der Waals surface area contributed by atoms with Gasteiger partial charge in [0.15, 0.2) is 5.58 Å². The Morgan fingerprint density at radius 3 is 2.30 bits per heavy atom. The minimum absolute atomic E-state index is 0. The highest BCUT2D eigenvalue weighted by Gasteiger charge is 2.32. The van der Waals surface area contributed by atoms with Crippen molar-refractivity contribution in [2.24, 2.45) is 0 Å². The van der Waals surface area contributed by atoms with Crippen LogP contribution < -0.4 is 33.4 Å². The number of quaternary nitrogens is 1. The first-order valence-electron chi connectivity index (χ1n) is 7.75. The van der Waals surface area contributed by atoms with Gasteiger partial charge in [-0.25, -0.2) is 0 Å². The lowest BCUT2D eigenvalue weighted by atomic mass is 10.2. The summed E-state index contributed by atoms with van der Waals surface area (Å²) in [4.78, 5) is 6.86. The quantitative estimate of drug-likeness (QED) is 0.440. The van der Waals surface area contributed by atoms with Crippen molar-refractivity contribution in [1.82, 2.24) is 9.47 Å². The molecule has 120 valence electrons. The van der Waals surface area contributed by atoms with Crippen LogP contribution in [-0.2, 0) is 0 Å². The van der Waals surface area contributed by atoms with Gasteiger partial charge >= 0.3 is 0 Å². The van der Waals surface area contributed by atoms with Crippen molar-refractivity contribution in [2.45, 2.75) is 0 Å². The van der Waals surface area contributed by atoms with Crippen LogP contribution in [0.5, 0.6) is 0 Å². The molecule has 5 heteroatoms. The molecule has 1 aliphatic rings. The largest absolute Gasteiger partial charge is 1.00 e. The van der Waals surface area contributed by atoms with Gasteiger partial charge in [-0.1, -0.05) is 30.3 Å². The van der Waals surface area contributed by atoms with E-state index in [1.165, 1.54) is 5.69 Å². The zero-order chi connectivity index (χ0) is 15.0. The van der Waals surface area contributed by atoms with Gasteiger partial charge in [-0.3, -0.25) is 4.48 Å². The Morgan fingerprint density at radius 1 is 0.957 bits per heavy atom. The number of likely N-dealkylation sites (N-methyl/N-ethyl adjacent to an activating group) is 1. The number of benzene rings is 2. The molecule has 23 heavy (non-hydrogen) atoms. The number of piperazine rings is 1. The SMILES string of the molecule is C[N+]1(c2ccccc2)CCN(c2nc3ccccc3o2)CC1.[I-]. The summed E-state index contributed by atoms with van der Waals surface area (Å²) in [6, 6.07) is 19.4. The van der Waals surface area contributed by atoms with Crippen LogP contribution in [0.25, 0.3) is 11.1 Å². The Hall–Kier alpha value is -1.60. The summed E-state index contributed by atoms with van der Waals surface area (Å²) in [6.45, 7) is 4.03. The van der Waals surface area contributed by atoms with E-state index in [9.17, 15) is 0 Å². The lowest BCUT2D eigenvalue weighted by Gasteiger charge is -2.41. The summed E-state index contributed by atoms with van der Waals surface area (Å²) in [5, 5.41) is 0. The van der Waals surface area contributed by atoms with E-state index >= 15 is 0 Å². The molecule has 1 fully saturated rings. The summed E-state index contributed by atoms with van der Waals surface area (Å²) >= 11 is 0. The van der Waals surface area contributed by atoms with Crippen molar-refractivity contribution in [3.8, 4) is 0 Å². The Bertz CT molecular complexity index is 746. The van der Waals surface area contributed by atoms with Crippen LogP contribution in [-0.4, -0.2) is 38.2 Å². The van der Waals surface area contributed by atoms with Gasteiger partial charge < -0.3 is 33.3 Å². The number of para-hydroxylation sites is 3. The average molecular weight is 421 g/mol. The van der Waals surface area contributed by atoms with E-state index in [0.29, 0.717) is 0 Å². The number of aromatic nitrogens is 1. The number of rotatable bonds is 2. The van der Waals surface area contributed by atoms with Crippen LogP contribution in [0.3, 0.4) is 0 Å². The van der Waals surface area contributed by atoms with Gasteiger partial charge in [0.1, 0.15) is 24.3 Å². The molecule has 0 radical (unpaired) electrons. The van der Waals surface area contributed by atoms with Crippen molar-refractivity contribution < 1.29 is 28.4 Å². The molecule has 0 amide bonds. The fourth-order valence-corrected chi connectivity index (χ4v) is 3.14. The molecule has 0 aliphatic carbocycles. The number of nitrogens with zero attached hydrogens (tertiary/aromatic N) is 3. The van der Waals surface area contributed by atoms with Crippen molar-refractivity contribution in [3.63, 3.8) is 0 Å². The summed E-state index contributed by atoms with van der Waals surface area (Å²) in [5.41, 5.74) is 3.17. The van der Waals surface area contributed by atoms with E-state index in [2.05, 4.69) is 47.3 Å². The Labute approximate surface area is 153 Å². The van der Waals surface area contributed by atoms with Crippen LogP contribution in [0, 0.1) is 0 Å². The van der Waals surface area contributed by atoms with Gasteiger partial charge in [-0.15, -0.1) is 0 Å². The summed E-state index contributed by atoms with van der Waals surface area (Å²) in [5.74, 6) is 0. The molecule has 0 saturated carbocycles. The molecule has 2 aromatic carbocycles. The smallest absolute Gasteiger partial charge is 0.298 e. The highest BCUT2D eigenvalue weighted by Crippen LogP contribution is 2.27. The zero-order valence-electron chi connectivity index (χ0n) is 13.2. The first-order valence-corrected chi connectivity index (χ1v) is 7.75. The lowest BCUT2D eigenvalue weighted by molar-refractivity contribution is -0.00000509. The maximum Gasteiger partial charge on any atom is 0.298 e. The third-order valence-corrected chi connectivity index (χ3v) is 4.66. The molecular weight excluding hydrogens is 401 g/mol. The van der Waals surface area contributed by atoms with E-state index in [0.717, 1.165) is 47.8 Å². The van der Waals surface area contributed by atoms with Crippen molar-refractivity contribution in [2.75, 3.05) is 38.1 Å². The second-order valence-electron chi connectivity index (χ2n) is 6.13. The van der Waals surface area contributed by atoms with E-state index in [1.807, 2.05) is 24.3 Å². The Balaban J connectivity index is 0.00000156. The zero-order valence-corrected chi connectivity index (χ0v) is 15.3. The van der Waals surface area contributed by atoms with E-state index in [4.69, 9.17) is 4.42 Å². The maximum atomic E-state index is 5.89. The number of anilines is 1. The second kappa shape index (κ2) is 6.49. The third kappa shape index (κ3) is 3.07. The van der Waals surface area contributed by atoms with Gasteiger partial charge in [0.2, 0.25) is 0 Å².